The molecule has 18 heavy (non-hydrogen) atoms. The van der Waals surface area contributed by atoms with Crippen molar-refractivity contribution in [1.29, 1.82) is 0 Å². The Hall–Kier alpha value is -1.36. The Bertz CT molecular complexity index is 520. The van der Waals surface area contributed by atoms with Crippen molar-refractivity contribution in [3.8, 4) is 0 Å². The second-order valence-electron chi connectivity index (χ2n) is 4.45. The second-order valence-corrected chi connectivity index (χ2v) is 4.79. The van der Waals surface area contributed by atoms with Crippen molar-refractivity contribution in [2.24, 2.45) is 5.92 Å². The van der Waals surface area contributed by atoms with Crippen LogP contribution in [0, 0.1) is 5.92 Å². The zero-order valence-corrected chi connectivity index (χ0v) is 11.6. The number of anilines is 1. The summed E-state index contributed by atoms with van der Waals surface area (Å²) in [7, 11) is 0. The van der Waals surface area contributed by atoms with Gasteiger partial charge in [-0.15, -0.1) is 0 Å². The number of imidazole rings is 1. The minimum atomic E-state index is 0.217. The summed E-state index contributed by atoms with van der Waals surface area (Å²) < 4.78 is 0. The first kappa shape index (κ1) is 13.1. The zero-order valence-electron chi connectivity index (χ0n) is 10.9. The van der Waals surface area contributed by atoms with Gasteiger partial charge in [0.15, 0.2) is 11.5 Å². The number of aromatic amines is 1. The van der Waals surface area contributed by atoms with E-state index >= 15 is 0 Å². The fourth-order valence-electron chi connectivity index (χ4n) is 2.24. The van der Waals surface area contributed by atoms with E-state index in [1.165, 1.54) is 0 Å². The summed E-state index contributed by atoms with van der Waals surface area (Å²) in [5.74, 6) is 1.33. The normalized spacial score (nSPS) is 13.2. The van der Waals surface area contributed by atoms with Gasteiger partial charge < -0.3 is 10.3 Å². The van der Waals surface area contributed by atoms with Crippen LogP contribution in [0.4, 0.5) is 5.82 Å². The van der Waals surface area contributed by atoms with Gasteiger partial charge in [-0.2, -0.15) is 9.97 Å². The van der Waals surface area contributed by atoms with Gasteiger partial charge in [-0.1, -0.05) is 26.7 Å². The minimum Gasteiger partial charge on any atom is -0.365 e. The monoisotopic (exact) mass is 267 g/mol. The first-order chi connectivity index (χ1) is 8.65. The van der Waals surface area contributed by atoms with E-state index in [2.05, 4.69) is 46.0 Å². The SMILES string of the molecule is CCC(CC)C(C)Nc1nc(Cl)nc2nc[nH]c12. The summed E-state index contributed by atoms with van der Waals surface area (Å²) in [5.41, 5.74) is 1.39. The lowest BCUT2D eigenvalue weighted by molar-refractivity contribution is 0.437. The minimum absolute atomic E-state index is 0.217. The highest BCUT2D eigenvalue weighted by Crippen LogP contribution is 2.22. The van der Waals surface area contributed by atoms with Gasteiger partial charge >= 0.3 is 0 Å². The van der Waals surface area contributed by atoms with Gasteiger partial charge in [-0.05, 0) is 24.4 Å². The van der Waals surface area contributed by atoms with E-state index in [1.807, 2.05) is 0 Å². The van der Waals surface area contributed by atoms with Gasteiger partial charge in [0.05, 0.1) is 6.33 Å². The molecule has 2 aromatic rings. The molecular weight excluding hydrogens is 250 g/mol. The van der Waals surface area contributed by atoms with Crippen LogP contribution >= 0.6 is 11.6 Å². The largest absolute Gasteiger partial charge is 0.365 e. The van der Waals surface area contributed by atoms with Crippen LogP contribution in [0.15, 0.2) is 6.33 Å². The average Bonchev–Trinajstić information content (AvgIpc) is 2.78. The third-order valence-electron chi connectivity index (χ3n) is 3.38. The van der Waals surface area contributed by atoms with Crippen LogP contribution in [0.3, 0.4) is 0 Å². The van der Waals surface area contributed by atoms with Crippen LogP contribution in [0.1, 0.15) is 33.6 Å². The molecule has 2 rings (SSSR count). The molecule has 98 valence electrons. The maximum atomic E-state index is 5.90. The molecule has 0 fully saturated rings. The molecule has 6 heteroatoms. The van der Waals surface area contributed by atoms with Gasteiger partial charge in [0, 0.05) is 6.04 Å². The summed E-state index contributed by atoms with van der Waals surface area (Å²) in [6, 6.07) is 0.331. The molecule has 1 unspecified atom stereocenters. The lowest BCUT2D eigenvalue weighted by atomic mass is 9.95. The van der Waals surface area contributed by atoms with Crippen molar-refractivity contribution in [1.82, 2.24) is 19.9 Å². The molecule has 0 aliphatic carbocycles. The standard InChI is InChI=1S/C12H18ClN5/c1-4-8(5-2)7(3)16-11-9-10(15-6-14-9)17-12(13)18-11/h6-8H,4-5H2,1-3H3,(H2,14,15,16,17,18). The summed E-state index contributed by atoms with van der Waals surface area (Å²) >= 11 is 5.90. The van der Waals surface area contributed by atoms with Crippen LogP contribution < -0.4 is 5.32 Å². The molecule has 1 atom stereocenters. The molecule has 2 aromatic heterocycles. The van der Waals surface area contributed by atoms with Gasteiger partial charge in [0.2, 0.25) is 5.28 Å². The molecule has 0 radical (unpaired) electrons. The van der Waals surface area contributed by atoms with E-state index in [0.29, 0.717) is 17.6 Å². The summed E-state index contributed by atoms with van der Waals surface area (Å²) in [6.07, 6.45) is 3.87. The van der Waals surface area contributed by atoms with Crippen molar-refractivity contribution < 1.29 is 0 Å². The lowest BCUT2D eigenvalue weighted by Crippen LogP contribution is -2.25. The number of hydrogen-bond donors (Lipinski definition) is 2. The predicted octanol–water partition coefficient (Wildman–Crippen LogP) is 3.24. The second kappa shape index (κ2) is 5.52. The topological polar surface area (TPSA) is 66.5 Å². The van der Waals surface area contributed by atoms with Crippen molar-refractivity contribution in [2.45, 2.75) is 39.7 Å². The molecule has 0 amide bonds. The van der Waals surface area contributed by atoms with E-state index in [4.69, 9.17) is 11.6 Å². The van der Waals surface area contributed by atoms with Crippen LogP contribution in [-0.2, 0) is 0 Å². The van der Waals surface area contributed by atoms with Crippen LogP contribution in [-0.4, -0.2) is 26.0 Å². The Labute approximate surface area is 111 Å². The molecule has 0 aliphatic heterocycles. The number of halogens is 1. The van der Waals surface area contributed by atoms with E-state index in [1.54, 1.807) is 6.33 Å². The molecule has 0 saturated carbocycles. The number of rotatable bonds is 5. The predicted molar refractivity (Wildman–Crippen MR) is 73.9 cm³/mol. The summed E-state index contributed by atoms with van der Waals surface area (Å²) in [6.45, 7) is 6.56. The Kier molecular flexibility index (Phi) is 4.01. The molecule has 0 bridgehead atoms. The molecule has 0 aromatic carbocycles. The third-order valence-corrected chi connectivity index (χ3v) is 3.55. The molecule has 5 nitrogen and oxygen atoms in total. The highest BCUT2D eigenvalue weighted by molar-refractivity contribution is 6.28. The van der Waals surface area contributed by atoms with Crippen LogP contribution in [0.5, 0.6) is 0 Å². The Morgan fingerprint density at radius 2 is 2.06 bits per heavy atom. The van der Waals surface area contributed by atoms with Crippen molar-refractivity contribution >= 4 is 28.6 Å². The molecule has 0 saturated heterocycles. The first-order valence-electron chi connectivity index (χ1n) is 6.28. The highest BCUT2D eigenvalue weighted by atomic mass is 35.5. The number of nitrogens with one attached hydrogen (secondary N) is 2. The fourth-order valence-corrected chi connectivity index (χ4v) is 2.40. The molecule has 0 spiro atoms. The van der Waals surface area contributed by atoms with E-state index in [0.717, 1.165) is 24.2 Å². The Morgan fingerprint density at radius 1 is 1.33 bits per heavy atom. The van der Waals surface area contributed by atoms with E-state index < -0.39 is 0 Å². The summed E-state index contributed by atoms with van der Waals surface area (Å²) in [5, 5.41) is 3.62. The maximum absolute atomic E-state index is 5.90. The molecule has 0 aliphatic rings. The number of hydrogen-bond acceptors (Lipinski definition) is 4. The van der Waals surface area contributed by atoms with Gasteiger partial charge in [-0.25, -0.2) is 4.98 Å². The van der Waals surface area contributed by atoms with Gasteiger partial charge in [-0.3, -0.25) is 0 Å². The quantitative estimate of drug-likeness (QED) is 0.816. The summed E-state index contributed by atoms with van der Waals surface area (Å²) in [4.78, 5) is 15.4. The third kappa shape index (κ3) is 2.56. The number of aromatic nitrogens is 4. The van der Waals surface area contributed by atoms with Crippen LogP contribution in [0.25, 0.3) is 11.2 Å². The lowest BCUT2D eigenvalue weighted by Gasteiger charge is -2.23. The smallest absolute Gasteiger partial charge is 0.226 e. The van der Waals surface area contributed by atoms with E-state index in [9.17, 15) is 0 Å². The fraction of sp³-hybridized carbons (Fsp3) is 0.583. The van der Waals surface area contributed by atoms with Crippen molar-refractivity contribution in [3.63, 3.8) is 0 Å². The Balaban J connectivity index is 2.28. The molecular formula is C12H18ClN5. The molecule has 2 heterocycles. The molecule has 2 N–H and O–H groups in total. The van der Waals surface area contributed by atoms with Gasteiger partial charge in [0.25, 0.3) is 0 Å². The van der Waals surface area contributed by atoms with Gasteiger partial charge in [0.1, 0.15) is 5.52 Å². The Morgan fingerprint density at radius 3 is 2.72 bits per heavy atom. The van der Waals surface area contributed by atoms with Crippen molar-refractivity contribution in [3.05, 3.63) is 11.6 Å². The van der Waals surface area contributed by atoms with E-state index in [-0.39, 0.29) is 5.28 Å². The zero-order chi connectivity index (χ0) is 13.1. The maximum Gasteiger partial charge on any atom is 0.226 e. The number of H-pyrrole nitrogens is 1. The average molecular weight is 268 g/mol. The first-order valence-corrected chi connectivity index (χ1v) is 6.66. The highest BCUT2D eigenvalue weighted by Gasteiger charge is 2.16. The number of fused-ring (bicyclic) bond motifs is 1. The number of nitrogens with zero attached hydrogens (tertiary/aromatic N) is 3. The van der Waals surface area contributed by atoms with Crippen molar-refractivity contribution in [2.75, 3.05) is 5.32 Å². The van der Waals surface area contributed by atoms with Crippen LogP contribution in [0.2, 0.25) is 5.28 Å².